The lowest BCUT2D eigenvalue weighted by atomic mass is 10.0. The topological polar surface area (TPSA) is 54.0 Å². The van der Waals surface area contributed by atoms with Crippen LogP contribution in [0.15, 0.2) is 79.0 Å². The molecular formula is C24H27N3O. The number of aryl methyl sites for hydroxylation is 1. The smallest absolute Gasteiger partial charge is 0.234 e. The predicted molar refractivity (Wildman–Crippen MR) is 113 cm³/mol. The van der Waals surface area contributed by atoms with Crippen LogP contribution in [0.2, 0.25) is 0 Å². The molecule has 1 amide bonds. The molecular weight excluding hydrogens is 346 g/mol. The fraction of sp³-hybridized carbons (Fsp3) is 0.250. The molecule has 3 aromatic rings. The maximum absolute atomic E-state index is 12.5. The van der Waals surface area contributed by atoms with Crippen LogP contribution in [0.3, 0.4) is 0 Å². The largest absolute Gasteiger partial charge is 0.348 e. The Bertz CT molecular complexity index is 824. The van der Waals surface area contributed by atoms with Gasteiger partial charge in [-0.1, -0.05) is 67.6 Å². The SMILES string of the molecule is CCc1ccc([C@H](C)NC(=O)CN[C@H](c2ccccc2)c2ccccn2)cc1. The van der Waals surface area contributed by atoms with E-state index < -0.39 is 0 Å². The van der Waals surface area contributed by atoms with Crippen molar-refractivity contribution in [1.29, 1.82) is 0 Å². The van der Waals surface area contributed by atoms with Gasteiger partial charge in [0.1, 0.15) is 0 Å². The second-order valence-corrected chi connectivity index (χ2v) is 6.86. The van der Waals surface area contributed by atoms with Crippen molar-refractivity contribution in [3.05, 3.63) is 101 Å². The summed E-state index contributed by atoms with van der Waals surface area (Å²) < 4.78 is 0. The Balaban J connectivity index is 1.63. The van der Waals surface area contributed by atoms with Crippen molar-refractivity contribution in [1.82, 2.24) is 15.6 Å². The summed E-state index contributed by atoms with van der Waals surface area (Å²) in [6.45, 7) is 4.36. The Hall–Kier alpha value is -2.98. The molecule has 4 heteroatoms. The van der Waals surface area contributed by atoms with E-state index in [2.05, 4.69) is 46.8 Å². The number of benzene rings is 2. The van der Waals surface area contributed by atoms with Gasteiger partial charge in [-0.3, -0.25) is 15.1 Å². The van der Waals surface area contributed by atoms with E-state index in [1.807, 2.05) is 55.5 Å². The van der Waals surface area contributed by atoms with Gasteiger partial charge in [0, 0.05) is 6.20 Å². The molecule has 0 saturated carbocycles. The summed E-state index contributed by atoms with van der Waals surface area (Å²) in [6, 6.07) is 24.1. The maximum Gasteiger partial charge on any atom is 0.234 e. The van der Waals surface area contributed by atoms with Gasteiger partial charge in [0.05, 0.1) is 24.3 Å². The average molecular weight is 374 g/mol. The first kappa shape index (κ1) is 19.8. The van der Waals surface area contributed by atoms with Crippen LogP contribution in [0.1, 0.15) is 48.3 Å². The van der Waals surface area contributed by atoms with Gasteiger partial charge < -0.3 is 5.32 Å². The second-order valence-electron chi connectivity index (χ2n) is 6.86. The highest BCUT2D eigenvalue weighted by Crippen LogP contribution is 2.19. The number of amides is 1. The van der Waals surface area contributed by atoms with Crippen LogP contribution in [0.25, 0.3) is 0 Å². The quantitative estimate of drug-likeness (QED) is 0.622. The van der Waals surface area contributed by atoms with Crippen molar-refractivity contribution in [2.75, 3.05) is 6.54 Å². The minimum atomic E-state index is -0.132. The number of nitrogens with one attached hydrogen (secondary N) is 2. The van der Waals surface area contributed by atoms with E-state index in [1.54, 1.807) is 6.20 Å². The van der Waals surface area contributed by atoms with E-state index in [9.17, 15) is 4.79 Å². The summed E-state index contributed by atoms with van der Waals surface area (Å²) in [4.78, 5) is 17.0. The summed E-state index contributed by atoms with van der Waals surface area (Å²) >= 11 is 0. The van der Waals surface area contributed by atoms with Gasteiger partial charge in [0.15, 0.2) is 0 Å². The monoisotopic (exact) mass is 373 g/mol. The molecule has 2 aromatic carbocycles. The molecule has 0 spiro atoms. The summed E-state index contributed by atoms with van der Waals surface area (Å²) in [5.74, 6) is -0.0380. The van der Waals surface area contributed by atoms with E-state index in [1.165, 1.54) is 5.56 Å². The number of rotatable bonds is 8. The number of carbonyl (C=O) groups is 1. The molecule has 0 unspecified atom stereocenters. The molecule has 0 aliphatic carbocycles. The van der Waals surface area contributed by atoms with Crippen molar-refractivity contribution in [2.24, 2.45) is 0 Å². The van der Waals surface area contributed by atoms with Crippen molar-refractivity contribution in [2.45, 2.75) is 32.4 Å². The standard InChI is InChI=1S/C24H27N3O/c1-3-19-12-14-20(15-13-19)18(2)27-23(28)17-26-24(21-9-5-4-6-10-21)22-11-7-8-16-25-22/h4-16,18,24,26H,3,17H2,1-2H3,(H,27,28)/t18-,24+/m0/s1. The Morgan fingerprint density at radius 3 is 2.29 bits per heavy atom. The molecule has 4 nitrogen and oxygen atoms in total. The lowest BCUT2D eigenvalue weighted by molar-refractivity contribution is -0.121. The maximum atomic E-state index is 12.5. The molecule has 2 N–H and O–H groups in total. The van der Waals surface area contributed by atoms with Crippen molar-refractivity contribution < 1.29 is 4.79 Å². The van der Waals surface area contributed by atoms with E-state index in [0.29, 0.717) is 0 Å². The van der Waals surface area contributed by atoms with E-state index in [-0.39, 0.29) is 24.5 Å². The number of hydrogen-bond acceptors (Lipinski definition) is 3. The van der Waals surface area contributed by atoms with Crippen LogP contribution >= 0.6 is 0 Å². The van der Waals surface area contributed by atoms with Gasteiger partial charge in [-0.2, -0.15) is 0 Å². The molecule has 28 heavy (non-hydrogen) atoms. The number of aromatic nitrogens is 1. The van der Waals surface area contributed by atoms with Gasteiger partial charge >= 0.3 is 0 Å². The second kappa shape index (κ2) is 9.81. The number of carbonyl (C=O) groups excluding carboxylic acids is 1. The predicted octanol–water partition coefficient (Wildman–Crippen LogP) is 4.20. The molecule has 0 fully saturated rings. The Labute approximate surface area is 167 Å². The normalized spacial score (nSPS) is 12.9. The van der Waals surface area contributed by atoms with Gasteiger partial charge in [-0.15, -0.1) is 0 Å². The fourth-order valence-corrected chi connectivity index (χ4v) is 3.20. The molecule has 0 aliphatic heterocycles. The van der Waals surface area contributed by atoms with Crippen molar-refractivity contribution in [3.8, 4) is 0 Å². The van der Waals surface area contributed by atoms with Crippen LogP contribution in [0.5, 0.6) is 0 Å². The molecule has 0 radical (unpaired) electrons. The zero-order valence-corrected chi connectivity index (χ0v) is 16.4. The molecule has 0 saturated heterocycles. The summed E-state index contributed by atoms with van der Waals surface area (Å²) in [6.07, 6.45) is 2.79. The Morgan fingerprint density at radius 2 is 1.64 bits per heavy atom. The van der Waals surface area contributed by atoms with Gasteiger partial charge in [0.2, 0.25) is 5.91 Å². The number of nitrogens with zero attached hydrogens (tertiary/aromatic N) is 1. The zero-order chi connectivity index (χ0) is 19.8. The van der Waals surface area contributed by atoms with Crippen molar-refractivity contribution in [3.63, 3.8) is 0 Å². The average Bonchev–Trinajstić information content (AvgIpc) is 2.75. The zero-order valence-electron chi connectivity index (χ0n) is 16.4. The van der Waals surface area contributed by atoms with E-state index >= 15 is 0 Å². The third kappa shape index (κ3) is 5.27. The first-order valence-electron chi connectivity index (χ1n) is 9.75. The van der Waals surface area contributed by atoms with E-state index in [4.69, 9.17) is 0 Å². The number of pyridine rings is 1. The Kier molecular flexibility index (Phi) is 6.93. The van der Waals surface area contributed by atoms with Crippen LogP contribution in [-0.4, -0.2) is 17.4 Å². The fourth-order valence-electron chi connectivity index (χ4n) is 3.20. The lowest BCUT2D eigenvalue weighted by Gasteiger charge is -2.20. The molecule has 2 atom stereocenters. The highest BCUT2D eigenvalue weighted by atomic mass is 16.1. The highest BCUT2D eigenvalue weighted by molar-refractivity contribution is 5.78. The number of hydrogen-bond donors (Lipinski definition) is 2. The lowest BCUT2D eigenvalue weighted by Crippen LogP contribution is -2.37. The van der Waals surface area contributed by atoms with Crippen LogP contribution < -0.4 is 10.6 Å². The molecule has 144 valence electrons. The van der Waals surface area contributed by atoms with Gasteiger partial charge in [-0.05, 0) is 42.2 Å². The molecule has 0 aliphatic rings. The summed E-state index contributed by atoms with van der Waals surface area (Å²) in [5, 5.41) is 6.42. The first-order chi connectivity index (χ1) is 13.7. The molecule has 3 rings (SSSR count). The summed E-state index contributed by atoms with van der Waals surface area (Å²) in [5.41, 5.74) is 4.38. The van der Waals surface area contributed by atoms with Gasteiger partial charge in [0.25, 0.3) is 0 Å². The van der Waals surface area contributed by atoms with Crippen molar-refractivity contribution >= 4 is 5.91 Å². The van der Waals surface area contributed by atoms with E-state index in [0.717, 1.165) is 23.2 Å². The third-order valence-electron chi connectivity index (χ3n) is 4.85. The molecule has 0 bridgehead atoms. The molecule has 1 heterocycles. The van der Waals surface area contributed by atoms with Crippen LogP contribution in [0.4, 0.5) is 0 Å². The van der Waals surface area contributed by atoms with Gasteiger partial charge in [-0.25, -0.2) is 0 Å². The Morgan fingerprint density at radius 1 is 0.929 bits per heavy atom. The molecule has 1 aromatic heterocycles. The minimum absolute atomic E-state index is 0.0368. The minimum Gasteiger partial charge on any atom is -0.348 e. The third-order valence-corrected chi connectivity index (χ3v) is 4.85. The summed E-state index contributed by atoms with van der Waals surface area (Å²) in [7, 11) is 0. The highest BCUT2D eigenvalue weighted by Gasteiger charge is 2.17. The van der Waals surface area contributed by atoms with Crippen LogP contribution in [0, 0.1) is 0 Å². The van der Waals surface area contributed by atoms with Crippen LogP contribution in [-0.2, 0) is 11.2 Å². The first-order valence-corrected chi connectivity index (χ1v) is 9.75.